The largest absolute Gasteiger partial charge is 0.478 e. The van der Waals surface area contributed by atoms with Crippen LogP contribution in [0, 0.1) is 0 Å². The smallest absolute Gasteiger partial charge is 0.328 e. The van der Waals surface area contributed by atoms with Crippen LogP contribution in [0.1, 0.15) is 11.1 Å². The predicted octanol–water partition coefficient (Wildman–Crippen LogP) is 2.27. The fourth-order valence-corrected chi connectivity index (χ4v) is 1.27. The summed E-state index contributed by atoms with van der Waals surface area (Å²) in [5.74, 6) is -0.924. The number of rotatable bonds is 4. The van der Waals surface area contributed by atoms with E-state index in [-0.39, 0.29) is 12.4 Å². The summed E-state index contributed by atoms with van der Waals surface area (Å²) >= 11 is 0. The van der Waals surface area contributed by atoms with Crippen molar-refractivity contribution in [1.29, 1.82) is 0 Å². The van der Waals surface area contributed by atoms with E-state index in [9.17, 15) is 4.79 Å². The van der Waals surface area contributed by atoms with E-state index in [0.29, 0.717) is 0 Å². The predicted molar refractivity (Wildman–Crippen MR) is 67.8 cm³/mol. The molecular weight excluding hydrogens is 226 g/mol. The molecule has 0 spiro atoms. The van der Waals surface area contributed by atoms with Crippen LogP contribution >= 0.6 is 12.4 Å². The minimum absolute atomic E-state index is 0. The van der Waals surface area contributed by atoms with Gasteiger partial charge in [-0.25, -0.2) is 4.79 Å². The second-order valence-corrected chi connectivity index (χ2v) is 3.65. The molecule has 0 heterocycles. The normalized spacial score (nSPS) is 10.4. The Balaban J connectivity index is 0.00000225. The van der Waals surface area contributed by atoms with E-state index in [1.165, 1.54) is 5.56 Å². The molecule has 0 saturated carbocycles. The molecule has 0 amide bonds. The van der Waals surface area contributed by atoms with E-state index >= 15 is 0 Å². The average molecular weight is 242 g/mol. The molecule has 3 nitrogen and oxygen atoms in total. The standard InChI is InChI=1S/C12H15NO2.ClH/c1-13(2)9-11-5-3-10(4-6-11)7-8-12(14)15;/h3-8H,9H2,1-2H3,(H,14,15);1H/b8-7+;. The van der Waals surface area contributed by atoms with E-state index in [2.05, 4.69) is 4.90 Å². The summed E-state index contributed by atoms with van der Waals surface area (Å²) < 4.78 is 0. The van der Waals surface area contributed by atoms with Crippen LogP contribution < -0.4 is 0 Å². The first kappa shape index (κ1) is 14.7. The maximum Gasteiger partial charge on any atom is 0.328 e. The Morgan fingerprint density at radius 3 is 2.31 bits per heavy atom. The molecule has 0 radical (unpaired) electrons. The van der Waals surface area contributed by atoms with Crippen LogP contribution in [0.3, 0.4) is 0 Å². The van der Waals surface area contributed by atoms with Gasteiger partial charge in [0.2, 0.25) is 0 Å². The van der Waals surface area contributed by atoms with Crippen LogP contribution in [0.2, 0.25) is 0 Å². The second-order valence-electron chi connectivity index (χ2n) is 3.65. The summed E-state index contributed by atoms with van der Waals surface area (Å²) in [6.45, 7) is 0.892. The van der Waals surface area contributed by atoms with Gasteiger partial charge in [-0.3, -0.25) is 0 Å². The molecule has 1 aromatic rings. The number of halogens is 1. The van der Waals surface area contributed by atoms with Gasteiger partial charge in [0.15, 0.2) is 0 Å². The summed E-state index contributed by atoms with van der Waals surface area (Å²) in [5, 5.41) is 8.45. The van der Waals surface area contributed by atoms with Crippen LogP contribution in [-0.2, 0) is 11.3 Å². The molecule has 0 aliphatic heterocycles. The molecule has 0 aliphatic carbocycles. The lowest BCUT2D eigenvalue weighted by Crippen LogP contribution is -2.10. The van der Waals surface area contributed by atoms with Crippen molar-refractivity contribution in [3.05, 3.63) is 41.5 Å². The molecule has 0 saturated heterocycles. The van der Waals surface area contributed by atoms with Crippen molar-refractivity contribution in [1.82, 2.24) is 4.90 Å². The number of aliphatic carboxylic acids is 1. The number of carboxylic acid groups (broad SMARTS) is 1. The molecule has 16 heavy (non-hydrogen) atoms. The highest BCUT2D eigenvalue weighted by molar-refractivity contribution is 5.85. The van der Waals surface area contributed by atoms with Gasteiger partial charge in [0, 0.05) is 12.6 Å². The Kier molecular flexibility index (Phi) is 6.46. The van der Waals surface area contributed by atoms with Crippen molar-refractivity contribution in [2.24, 2.45) is 0 Å². The number of carboxylic acids is 1. The maximum atomic E-state index is 10.3. The summed E-state index contributed by atoms with van der Waals surface area (Å²) in [5.41, 5.74) is 2.12. The third kappa shape index (κ3) is 5.53. The molecule has 1 aromatic carbocycles. The van der Waals surface area contributed by atoms with Crippen LogP contribution in [0.15, 0.2) is 30.3 Å². The fraction of sp³-hybridized carbons (Fsp3) is 0.250. The van der Waals surface area contributed by atoms with Gasteiger partial charge < -0.3 is 10.0 Å². The summed E-state index contributed by atoms with van der Waals surface area (Å²) in [7, 11) is 4.02. The molecule has 0 aliphatic rings. The fourth-order valence-electron chi connectivity index (χ4n) is 1.27. The molecule has 0 bridgehead atoms. The summed E-state index contributed by atoms with van der Waals surface area (Å²) in [6.07, 6.45) is 2.72. The van der Waals surface area contributed by atoms with Gasteiger partial charge >= 0.3 is 5.97 Å². The molecule has 0 fully saturated rings. The molecular formula is C12H16ClNO2. The van der Waals surface area contributed by atoms with E-state index in [1.54, 1.807) is 6.08 Å². The lowest BCUT2D eigenvalue weighted by Gasteiger charge is -2.09. The molecule has 0 atom stereocenters. The molecule has 1 N–H and O–H groups in total. The summed E-state index contributed by atoms with van der Waals surface area (Å²) in [6, 6.07) is 7.83. The van der Waals surface area contributed by atoms with Gasteiger partial charge in [-0.1, -0.05) is 24.3 Å². The van der Waals surface area contributed by atoms with E-state index in [0.717, 1.165) is 18.2 Å². The van der Waals surface area contributed by atoms with Crippen molar-refractivity contribution in [3.8, 4) is 0 Å². The third-order valence-corrected chi connectivity index (χ3v) is 1.90. The van der Waals surface area contributed by atoms with Gasteiger partial charge in [-0.15, -0.1) is 12.4 Å². The van der Waals surface area contributed by atoms with Crippen LogP contribution in [0.5, 0.6) is 0 Å². The van der Waals surface area contributed by atoms with E-state index in [4.69, 9.17) is 5.11 Å². The van der Waals surface area contributed by atoms with Gasteiger partial charge in [-0.05, 0) is 31.3 Å². The SMILES string of the molecule is CN(C)Cc1ccc(/C=C/C(=O)O)cc1.Cl. The van der Waals surface area contributed by atoms with Crippen LogP contribution in [0.4, 0.5) is 0 Å². The zero-order chi connectivity index (χ0) is 11.3. The summed E-state index contributed by atoms with van der Waals surface area (Å²) in [4.78, 5) is 12.4. The Hall–Kier alpha value is -1.32. The zero-order valence-electron chi connectivity index (χ0n) is 9.38. The lowest BCUT2D eigenvalue weighted by molar-refractivity contribution is -0.131. The minimum atomic E-state index is -0.924. The van der Waals surface area contributed by atoms with Crippen molar-refractivity contribution >= 4 is 24.5 Å². The highest BCUT2D eigenvalue weighted by Gasteiger charge is 1.94. The first-order valence-corrected chi connectivity index (χ1v) is 4.72. The van der Waals surface area contributed by atoms with Gasteiger partial charge in [-0.2, -0.15) is 0 Å². The number of benzene rings is 1. The first-order chi connectivity index (χ1) is 7.08. The maximum absolute atomic E-state index is 10.3. The molecule has 4 heteroatoms. The monoisotopic (exact) mass is 241 g/mol. The number of nitrogens with zero attached hydrogens (tertiary/aromatic N) is 1. The second kappa shape index (κ2) is 7.04. The van der Waals surface area contributed by atoms with Crippen LogP contribution in [0.25, 0.3) is 6.08 Å². The van der Waals surface area contributed by atoms with Crippen molar-refractivity contribution in [2.75, 3.05) is 14.1 Å². The molecule has 0 unspecified atom stereocenters. The molecule has 88 valence electrons. The van der Waals surface area contributed by atoms with Crippen LogP contribution in [-0.4, -0.2) is 30.1 Å². The van der Waals surface area contributed by atoms with Crippen molar-refractivity contribution in [2.45, 2.75) is 6.54 Å². The molecule has 1 rings (SSSR count). The number of hydrogen-bond acceptors (Lipinski definition) is 2. The Morgan fingerprint density at radius 1 is 1.31 bits per heavy atom. The lowest BCUT2D eigenvalue weighted by atomic mass is 10.1. The first-order valence-electron chi connectivity index (χ1n) is 4.72. The number of carbonyl (C=O) groups is 1. The van der Waals surface area contributed by atoms with Gasteiger partial charge in [0.1, 0.15) is 0 Å². The topological polar surface area (TPSA) is 40.5 Å². The minimum Gasteiger partial charge on any atom is -0.478 e. The Bertz CT molecular complexity index is 358. The zero-order valence-corrected chi connectivity index (χ0v) is 10.2. The van der Waals surface area contributed by atoms with Gasteiger partial charge in [0.05, 0.1) is 0 Å². The number of hydrogen-bond donors (Lipinski definition) is 1. The Morgan fingerprint density at radius 2 is 1.88 bits per heavy atom. The van der Waals surface area contributed by atoms with Crippen molar-refractivity contribution < 1.29 is 9.90 Å². The average Bonchev–Trinajstić information content (AvgIpc) is 2.16. The third-order valence-electron chi connectivity index (χ3n) is 1.90. The highest BCUT2D eigenvalue weighted by Crippen LogP contribution is 2.07. The van der Waals surface area contributed by atoms with E-state index < -0.39 is 5.97 Å². The quantitative estimate of drug-likeness (QED) is 0.823. The van der Waals surface area contributed by atoms with E-state index in [1.807, 2.05) is 38.4 Å². The van der Waals surface area contributed by atoms with Gasteiger partial charge in [0.25, 0.3) is 0 Å². The Labute approximate surface area is 102 Å². The molecule has 0 aromatic heterocycles. The highest BCUT2D eigenvalue weighted by atomic mass is 35.5. The van der Waals surface area contributed by atoms with Crippen molar-refractivity contribution in [3.63, 3.8) is 0 Å².